The zero-order valence-electron chi connectivity index (χ0n) is 18.9. The van der Waals surface area contributed by atoms with E-state index >= 15 is 0 Å². The lowest BCUT2D eigenvalue weighted by Crippen LogP contribution is -2.34. The van der Waals surface area contributed by atoms with Crippen LogP contribution in [0, 0.1) is 0 Å². The van der Waals surface area contributed by atoms with E-state index in [4.69, 9.17) is 4.74 Å². The highest BCUT2D eigenvalue weighted by atomic mass is 32.1. The number of fused-ring (bicyclic) bond motifs is 2. The second kappa shape index (κ2) is 9.68. The van der Waals surface area contributed by atoms with Crippen LogP contribution in [-0.2, 0) is 22.4 Å². The monoisotopic (exact) mass is 481 g/mol. The predicted molar refractivity (Wildman–Crippen MR) is 127 cm³/mol. The fourth-order valence-corrected chi connectivity index (χ4v) is 6.14. The molecule has 8 nitrogen and oxygen atoms in total. The summed E-state index contributed by atoms with van der Waals surface area (Å²) in [5, 5.41) is 6.42. The van der Waals surface area contributed by atoms with Crippen LogP contribution in [-0.4, -0.2) is 54.3 Å². The van der Waals surface area contributed by atoms with Crippen molar-refractivity contribution in [1.82, 2.24) is 10.2 Å². The summed E-state index contributed by atoms with van der Waals surface area (Å²) in [6.07, 6.45) is 5.74. The molecule has 2 aliphatic heterocycles. The zero-order valence-corrected chi connectivity index (χ0v) is 19.7. The number of nitrogens with one attached hydrogen (secondary N) is 2. The third-order valence-electron chi connectivity index (χ3n) is 6.61. The molecular formula is C25H27N3O5S. The molecule has 34 heavy (non-hydrogen) atoms. The van der Waals surface area contributed by atoms with Crippen molar-refractivity contribution in [2.45, 2.75) is 51.0 Å². The summed E-state index contributed by atoms with van der Waals surface area (Å²) in [5.74, 6) is -1.28. The van der Waals surface area contributed by atoms with Crippen LogP contribution in [0.5, 0.6) is 0 Å². The fraction of sp³-hybridized carbons (Fsp3) is 0.440. The molecule has 1 aliphatic carbocycles. The molecule has 0 radical (unpaired) electrons. The Morgan fingerprint density at radius 2 is 1.79 bits per heavy atom. The summed E-state index contributed by atoms with van der Waals surface area (Å²) in [4.78, 5) is 53.3. The van der Waals surface area contributed by atoms with Crippen molar-refractivity contribution in [3.8, 4) is 0 Å². The molecule has 2 aromatic rings. The van der Waals surface area contributed by atoms with Gasteiger partial charge in [-0.05, 0) is 56.2 Å². The van der Waals surface area contributed by atoms with E-state index in [0.29, 0.717) is 28.2 Å². The molecule has 9 heteroatoms. The van der Waals surface area contributed by atoms with Crippen molar-refractivity contribution in [3.63, 3.8) is 0 Å². The molecule has 1 atom stereocenters. The van der Waals surface area contributed by atoms with Gasteiger partial charge in [0.25, 0.3) is 17.7 Å². The minimum atomic E-state index is -0.380. The Balaban J connectivity index is 1.26. The molecule has 1 unspecified atom stereocenters. The number of hydrogen-bond donors (Lipinski definition) is 2. The van der Waals surface area contributed by atoms with Crippen LogP contribution in [0.2, 0.25) is 0 Å². The predicted octanol–water partition coefficient (Wildman–Crippen LogP) is 3.16. The first-order chi connectivity index (χ1) is 16.5. The molecule has 1 fully saturated rings. The van der Waals surface area contributed by atoms with Gasteiger partial charge < -0.3 is 15.4 Å². The number of hydrogen-bond acceptors (Lipinski definition) is 6. The maximum absolute atomic E-state index is 13.1. The standard InChI is InChI=1S/C25H27N3O5S/c29-20(11-12-28-24(31)16-7-1-2-8-17(16)25(28)32)27-23-21(18-9-3-4-10-19(18)34-23)22(30)26-14-15-6-5-13-33-15/h1-2,7-8,15H,3-6,9-14H2,(H,26,30)(H,27,29). The van der Waals surface area contributed by atoms with E-state index in [0.717, 1.165) is 60.5 Å². The lowest BCUT2D eigenvalue weighted by molar-refractivity contribution is -0.116. The summed E-state index contributed by atoms with van der Waals surface area (Å²) >= 11 is 1.45. The molecule has 178 valence electrons. The minimum absolute atomic E-state index is 0.0101. The van der Waals surface area contributed by atoms with Gasteiger partial charge in [0.1, 0.15) is 5.00 Å². The van der Waals surface area contributed by atoms with Gasteiger partial charge >= 0.3 is 0 Å². The number of nitrogens with zero attached hydrogens (tertiary/aromatic N) is 1. The number of ether oxygens (including phenoxy) is 1. The maximum Gasteiger partial charge on any atom is 0.261 e. The molecular weight excluding hydrogens is 454 g/mol. The van der Waals surface area contributed by atoms with Crippen LogP contribution in [0.1, 0.15) is 73.6 Å². The Morgan fingerprint density at radius 1 is 1.06 bits per heavy atom. The summed E-state index contributed by atoms with van der Waals surface area (Å²) in [6, 6.07) is 6.66. The van der Waals surface area contributed by atoms with Crippen molar-refractivity contribution in [2.24, 2.45) is 0 Å². The van der Waals surface area contributed by atoms with Crippen LogP contribution in [0.15, 0.2) is 24.3 Å². The number of thiophene rings is 1. The topological polar surface area (TPSA) is 105 Å². The van der Waals surface area contributed by atoms with Gasteiger partial charge in [-0.25, -0.2) is 0 Å². The van der Waals surface area contributed by atoms with Crippen LogP contribution in [0.4, 0.5) is 5.00 Å². The molecule has 0 bridgehead atoms. The van der Waals surface area contributed by atoms with Crippen LogP contribution in [0.25, 0.3) is 0 Å². The SMILES string of the molecule is O=C(CCN1C(=O)c2ccccc2C1=O)Nc1sc2c(c1C(=O)NCC1CCCO1)CCCC2. The number of aryl methyl sites for hydroxylation is 1. The average molecular weight is 482 g/mol. The van der Waals surface area contributed by atoms with Crippen molar-refractivity contribution in [2.75, 3.05) is 25.0 Å². The number of rotatable bonds is 7. The highest BCUT2D eigenvalue weighted by molar-refractivity contribution is 7.17. The third-order valence-corrected chi connectivity index (χ3v) is 7.81. The summed E-state index contributed by atoms with van der Waals surface area (Å²) in [5.41, 5.74) is 2.30. The molecule has 1 saturated heterocycles. The van der Waals surface area contributed by atoms with Crippen LogP contribution in [0.3, 0.4) is 0 Å². The van der Waals surface area contributed by atoms with Gasteiger partial charge in [-0.15, -0.1) is 11.3 Å². The number of amides is 4. The van der Waals surface area contributed by atoms with Gasteiger partial charge in [0.15, 0.2) is 0 Å². The highest BCUT2D eigenvalue weighted by Gasteiger charge is 2.35. The minimum Gasteiger partial charge on any atom is -0.376 e. The van der Waals surface area contributed by atoms with Gasteiger partial charge in [0.2, 0.25) is 5.91 Å². The Kier molecular flexibility index (Phi) is 6.47. The molecule has 3 heterocycles. The lowest BCUT2D eigenvalue weighted by atomic mass is 9.95. The van der Waals surface area contributed by atoms with Crippen molar-refractivity contribution >= 4 is 40.0 Å². The normalized spacial score (nSPS) is 19.2. The maximum atomic E-state index is 13.1. The van der Waals surface area contributed by atoms with E-state index < -0.39 is 0 Å². The Morgan fingerprint density at radius 3 is 2.50 bits per heavy atom. The van der Waals surface area contributed by atoms with E-state index in [9.17, 15) is 19.2 Å². The summed E-state index contributed by atoms with van der Waals surface area (Å²) < 4.78 is 5.61. The van der Waals surface area contributed by atoms with Gasteiger partial charge in [0, 0.05) is 31.0 Å². The average Bonchev–Trinajstić information content (AvgIpc) is 3.54. The second-order valence-corrected chi connectivity index (χ2v) is 9.97. The number of benzene rings is 1. The van der Waals surface area contributed by atoms with Crippen molar-refractivity contribution < 1.29 is 23.9 Å². The van der Waals surface area contributed by atoms with E-state index in [1.165, 1.54) is 11.3 Å². The Labute approximate surface area is 201 Å². The van der Waals surface area contributed by atoms with Gasteiger partial charge in [-0.3, -0.25) is 24.1 Å². The van der Waals surface area contributed by atoms with E-state index in [-0.39, 0.29) is 42.7 Å². The molecule has 2 N–H and O–H groups in total. The van der Waals surface area contributed by atoms with Gasteiger partial charge in [0.05, 0.1) is 22.8 Å². The number of anilines is 1. The first-order valence-electron chi connectivity index (χ1n) is 11.8. The molecule has 0 saturated carbocycles. The quantitative estimate of drug-likeness (QED) is 0.591. The van der Waals surface area contributed by atoms with Crippen molar-refractivity contribution in [3.05, 3.63) is 51.4 Å². The Hall–Kier alpha value is -3.04. The third kappa shape index (κ3) is 4.37. The number of imide groups is 1. The summed E-state index contributed by atoms with van der Waals surface area (Å²) in [6.45, 7) is 1.17. The molecule has 4 amide bonds. The number of carbonyl (C=O) groups is 4. The molecule has 1 aromatic carbocycles. The van der Waals surface area contributed by atoms with Crippen molar-refractivity contribution in [1.29, 1.82) is 0 Å². The first-order valence-corrected chi connectivity index (χ1v) is 12.6. The smallest absolute Gasteiger partial charge is 0.261 e. The van der Waals surface area contributed by atoms with Crippen LogP contribution < -0.4 is 10.6 Å². The Bertz CT molecular complexity index is 1120. The lowest BCUT2D eigenvalue weighted by Gasteiger charge is -2.15. The second-order valence-electron chi connectivity index (χ2n) is 8.87. The van der Waals surface area contributed by atoms with Crippen LogP contribution >= 0.6 is 11.3 Å². The fourth-order valence-electron chi connectivity index (χ4n) is 4.84. The molecule has 0 spiro atoms. The molecule has 3 aliphatic rings. The van der Waals surface area contributed by atoms with Gasteiger partial charge in [-0.2, -0.15) is 0 Å². The zero-order chi connectivity index (χ0) is 23.7. The molecule has 5 rings (SSSR count). The molecule has 1 aromatic heterocycles. The summed E-state index contributed by atoms with van der Waals surface area (Å²) in [7, 11) is 0. The first kappa shape index (κ1) is 22.7. The highest BCUT2D eigenvalue weighted by Crippen LogP contribution is 2.38. The number of carbonyl (C=O) groups excluding carboxylic acids is 4. The van der Waals surface area contributed by atoms with E-state index in [1.54, 1.807) is 24.3 Å². The van der Waals surface area contributed by atoms with E-state index in [1.807, 2.05) is 0 Å². The van der Waals surface area contributed by atoms with E-state index in [2.05, 4.69) is 10.6 Å². The van der Waals surface area contributed by atoms with Gasteiger partial charge in [-0.1, -0.05) is 12.1 Å². The largest absolute Gasteiger partial charge is 0.376 e.